The van der Waals surface area contributed by atoms with Crippen molar-refractivity contribution < 1.29 is 23.8 Å². The summed E-state index contributed by atoms with van der Waals surface area (Å²) >= 11 is 0. The zero-order valence-corrected chi connectivity index (χ0v) is 19.2. The van der Waals surface area contributed by atoms with Crippen molar-refractivity contribution in [2.24, 2.45) is 0 Å². The summed E-state index contributed by atoms with van der Waals surface area (Å²) in [7, 11) is 0. The Kier molecular flexibility index (Phi) is 11.7. The van der Waals surface area contributed by atoms with Gasteiger partial charge in [0.2, 0.25) is 0 Å². The van der Waals surface area contributed by atoms with Crippen LogP contribution in [0.2, 0.25) is 0 Å². The molecular formula is C27H34O5. The van der Waals surface area contributed by atoms with Gasteiger partial charge in [-0.2, -0.15) is 0 Å². The second-order valence-corrected chi connectivity index (χ2v) is 7.64. The maximum atomic E-state index is 12.1. The maximum Gasteiger partial charge on any atom is 0.336 e. The zero-order valence-electron chi connectivity index (χ0n) is 19.2. The molecule has 0 aromatic heterocycles. The van der Waals surface area contributed by atoms with Crippen LogP contribution in [0.4, 0.5) is 0 Å². The molecule has 32 heavy (non-hydrogen) atoms. The Morgan fingerprint density at radius 2 is 1.31 bits per heavy atom. The molecule has 0 atom stereocenters. The molecular weight excluding hydrogens is 404 g/mol. The van der Waals surface area contributed by atoms with Gasteiger partial charge in [0.05, 0.1) is 6.61 Å². The van der Waals surface area contributed by atoms with E-state index in [0.717, 1.165) is 56.3 Å². The Labute approximate surface area is 191 Å². The molecule has 2 rings (SSSR count). The number of rotatable bonds is 14. The molecule has 0 spiro atoms. The van der Waals surface area contributed by atoms with Gasteiger partial charge in [-0.1, -0.05) is 58.1 Å². The second-order valence-electron chi connectivity index (χ2n) is 7.64. The minimum atomic E-state index is -0.468. The average molecular weight is 439 g/mol. The van der Waals surface area contributed by atoms with Crippen molar-refractivity contribution in [3.63, 3.8) is 0 Å². The number of unbranched alkanes of at least 4 members (excludes halogenated alkanes) is 5. The first-order chi connectivity index (χ1) is 15.6. The smallest absolute Gasteiger partial charge is 0.336 e. The average Bonchev–Trinajstić information content (AvgIpc) is 2.80. The molecule has 0 fully saturated rings. The Bertz CT molecular complexity index is 837. The first kappa shape index (κ1) is 25.2. The molecule has 2 aromatic rings. The lowest BCUT2D eigenvalue weighted by molar-refractivity contribution is -0.134. The van der Waals surface area contributed by atoms with Crippen LogP contribution in [0.1, 0.15) is 70.8 Å². The van der Waals surface area contributed by atoms with Crippen LogP contribution in [0.15, 0.2) is 54.6 Å². The quantitative estimate of drug-likeness (QED) is 0.141. The van der Waals surface area contributed by atoms with Gasteiger partial charge in [-0.25, -0.2) is 4.79 Å². The van der Waals surface area contributed by atoms with Gasteiger partial charge in [0.25, 0.3) is 0 Å². The molecule has 2 aromatic carbocycles. The highest BCUT2D eigenvalue weighted by atomic mass is 16.5. The summed E-state index contributed by atoms with van der Waals surface area (Å²) in [5.41, 5.74) is 0.806. The fourth-order valence-electron chi connectivity index (χ4n) is 2.99. The van der Waals surface area contributed by atoms with Crippen LogP contribution in [0.5, 0.6) is 17.2 Å². The molecule has 0 aliphatic rings. The number of carbonyl (C=O) groups excluding carboxylic acids is 2. The lowest BCUT2D eigenvalue weighted by Gasteiger charge is -2.07. The third kappa shape index (κ3) is 10.3. The van der Waals surface area contributed by atoms with Crippen molar-refractivity contribution in [2.45, 2.75) is 65.2 Å². The lowest BCUT2D eigenvalue weighted by atomic mass is 10.1. The monoisotopic (exact) mass is 438 g/mol. The highest BCUT2D eigenvalue weighted by Gasteiger charge is 2.05. The van der Waals surface area contributed by atoms with Crippen molar-refractivity contribution >= 4 is 18.0 Å². The SMILES string of the molecule is CCCCCCC(=O)Oc1ccc(/C=C/C(=O)Oc2ccc(OCCCCC)cc2)cc1. The first-order valence-corrected chi connectivity index (χ1v) is 11.5. The Balaban J connectivity index is 1.75. The highest BCUT2D eigenvalue weighted by molar-refractivity contribution is 5.88. The largest absolute Gasteiger partial charge is 0.494 e. The van der Waals surface area contributed by atoms with Crippen molar-refractivity contribution in [3.8, 4) is 17.2 Å². The van der Waals surface area contributed by atoms with Gasteiger partial charge in [0.15, 0.2) is 0 Å². The van der Waals surface area contributed by atoms with E-state index in [1.54, 1.807) is 54.6 Å². The van der Waals surface area contributed by atoms with Crippen molar-refractivity contribution in [1.82, 2.24) is 0 Å². The molecule has 5 heteroatoms. The summed E-state index contributed by atoms with van der Waals surface area (Å²) < 4.78 is 16.3. The normalized spacial score (nSPS) is 10.8. The summed E-state index contributed by atoms with van der Waals surface area (Å²) in [6.45, 7) is 4.98. The van der Waals surface area contributed by atoms with Crippen molar-refractivity contribution in [2.75, 3.05) is 6.61 Å². The van der Waals surface area contributed by atoms with Crippen molar-refractivity contribution in [3.05, 3.63) is 60.2 Å². The van der Waals surface area contributed by atoms with Crippen LogP contribution in [0.25, 0.3) is 6.08 Å². The van der Waals surface area contributed by atoms with E-state index in [9.17, 15) is 9.59 Å². The number of benzene rings is 2. The molecule has 0 bridgehead atoms. The topological polar surface area (TPSA) is 61.8 Å². The van der Waals surface area contributed by atoms with E-state index >= 15 is 0 Å². The molecule has 0 amide bonds. The van der Waals surface area contributed by atoms with E-state index in [1.165, 1.54) is 6.08 Å². The van der Waals surface area contributed by atoms with Crippen LogP contribution in [0.3, 0.4) is 0 Å². The predicted molar refractivity (Wildman–Crippen MR) is 127 cm³/mol. The van der Waals surface area contributed by atoms with Gasteiger partial charge >= 0.3 is 11.9 Å². The minimum absolute atomic E-state index is 0.217. The number of esters is 2. The van der Waals surface area contributed by atoms with Gasteiger partial charge in [-0.05, 0) is 60.9 Å². The fraction of sp³-hybridized carbons (Fsp3) is 0.407. The summed E-state index contributed by atoms with van der Waals surface area (Å²) in [5, 5.41) is 0. The van der Waals surface area contributed by atoms with E-state index in [0.29, 0.717) is 24.5 Å². The van der Waals surface area contributed by atoms with Crippen LogP contribution >= 0.6 is 0 Å². The Hall–Kier alpha value is -3.08. The van der Waals surface area contributed by atoms with E-state index in [2.05, 4.69) is 13.8 Å². The predicted octanol–water partition coefficient (Wildman–Crippen LogP) is 6.75. The number of hydrogen-bond acceptors (Lipinski definition) is 5. The summed E-state index contributed by atoms with van der Waals surface area (Å²) in [6.07, 6.45) is 11.0. The molecule has 172 valence electrons. The van der Waals surface area contributed by atoms with Crippen LogP contribution in [0, 0.1) is 0 Å². The molecule has 0 saturated heterocycles. The maximum absolute atomic E-state index is 12.1. The highest BCUT2D eigenvalue weighted by Crippen LogP contribution is 2.19. The second kappa shape index (κ2) is 14.8. The molecule has 0 aliphatic carbocycles. The van der Waals surface area contributed by atoms with E-state index in [-0.39, 0.29) is 5.97 Å². The summed E-state index contributed by atoms with van der Waals surface area (Å²) in [4.78, 5) is 23.9. The van der Waals surface area contributed by atoms with Gasteiger partial charge < -0.3 is 14.2 Å². The van der Waals surface area contributed by atoms with Crippen molar-refractivity contribution in [1.29, 1.82) is 0 Å². The van der Waals surface area contributed by atoms with E-state index < -0.39 is 5.97 Å². The fourth-order valence-corrected chi connectivity index (χ4v) is 2.99. The van der Waals surface area contributed by atoms with E-state index in [1.807, 2.05) is 0 Å². The lowest BCUT2D eigenvalue weighted by Crippen LogP contribution is -2.07. The standard InChI is InChI=1S/C27H34O5/c1-3-5-7-8-10-26(28)31-24-14-11-22(12-15-24)13-20-27(29)32-25-18-16-23(17-19-25)30-21-9-6-4-2/h11-20H,3-10,21H2,1-2H3/b20-13+. The number of ether oxygens (including phenoxy) is 3. The first-order valence-electron chi connectivity index (χ1n) is 11.5. The third-order valence-electron chi connectivity index (χ3n) is 4.82. The summed E-state index contributed by atoms with van der Waals surface area (Å²) in [5.74, 6) is 1.04. The third-order valence-corrected chi connectivity index (χ3v) is 4.82. The molecule has 0 unspecified atom stereocenters. The molecule has 0 radical (unpaired) electrons. The molecule has 0 aliphatic heterocycles. The Morgan fingerprint density at radius 3 is 2.00 bits per heavy atom. The molecule has 0 heterocycles. The van der Waals surface area contributed by atoms with Crippen LogP contribution in [-0.4, -0.2) is 18.5 Å². The molecule has 0 N–H and O–H groups in total. The number of carbonyl (C=O) groups is 2. The Morgan fingerprint density at radius 1 is 0.719 bits per heavy atom. The van der Waals surface area contributed by atoms with E-state index in [4.69, 9.17) is 14.2 Å². The van der Waals surface area contributed by atoms with Crippen LogP contribution < -0.4 is 14.2 Å². The molecule has 5 nitrogen and oxygen atoms in total. The zero-order chi connectivity index (χ0) is 23.0. The number of hydrogen-bond donors (Lipinski definition) is 0. The minimum Gasteiger partial charge on any atom is -0.494 e. The van der Waals surface area contributed by atoms with Gasteiger partial charge in [-0.15, -0.1) is 0 Å². The summed E-state index contributed by atoms with van der Waals surface area (Å²) in [6, 6.07) is 14.0. The molecule has 0 saturated carbocycles. The van der Waals surface area contributed by atoms with Gasteiger partial charge in [0, 0.05) is 12.5 Å². The van der Waals surface area contributed by atoms with Gasteiger partial charge in [-0.3, -0.25) is 4.79 Å². The van der Waals surface area contributed by atoms with Gasteiger partial charge in [0.1, 0.15) is 17.2 Å². The van der Waals surface area contributed by atoms with Crippen LogP contribution in [-0.2, 0) is 9.59 Å².